The maximum atomic E-state index is 6.22. The van der Waals surface area contributed by atoms with E-state index in [1.165, 1.54) is 0 Å². The molecule has 160 valence electrons. The van der Waals surface area contributed by atoms with Gasteiger partial charge in [-0.2, -0.15) is 0 Å². The number of unbranched alkanes of at least 4 members (excludes halogenated alkanes) is 1. The molecule has 0 N–H and O–H groups in total. The molecule has 6 heteroatoms. The van der Waals surface area contributed by atoms with Crippen molar-refractivity contribution < 1.29 is 14.2 Å². The molecule has 0 saturated carbocycles. The predicted octanol–water partition coefficient (Wildman–Crippen LogP) is 6.14. The summed E-state index contributed by atoms with van der Waals surface area (Å²) in [5.74, 6) is 3.06. The van der Waals surface area contributed by atoms with Gasteiger partial charge in [-0.3, -0.25) is 0 Å². The van der Waals surface area contributed by atoms with Crippen LogP contribution < -0.4 is 14.2 Å². The van der Waals surface area contributed by atoms with Gasteiger partial charge in [-0.05, 0) is 49.2 Å². The first-order chi connectivity index (χ1) is 15.3. The number of methoxy groups -OCH3 is 1. The van der Waals surface area contributed by atoms with Crippen molar-refractivity contribution in [3.05, 3.63) is 83.6 Å². The number of hydrogen-bond donors (Lipinski definition) is 0. The van der Waals surface area contributed by atoms with Gasteiger partial charge in [0.2, 0.25) is 0 Å². The number of nitrogens with zero attached hydrogens (tertiary/aromatic N) is 2. The second-order valence-electron chi connectivity index (χ2n) is 7.09. The first kappa shape index (κ1) is 21.1. The highest BCUT2D eigenvalue weighted by Gasteiger charge is 2.12. The van der Waals surface area contributed by atoms with Crippen LogP contribution in [0.5, 0.6) is 17.2 Å². The lowest BCUT2D eigenvalue weighted by Crippen LogP contribution is -2.09. The molecular formula is C25H25ClN2O3. The van der Waals surface area contributed by atoms with Crippen LogP contribution in [0.1, 0.15) is 18.7 Å². The van der Waals surface area contributed by atoms with E-state index < -0.39 is 0 Å². The van der Waals surface area contributed by atoms with Crippen LogP contribution in [0.15, 0.2) is 72.8 Å². The normalized spacial score (nSPS) is 10.9. The molecule has 4 aromatic rings. The smallest absolute Gasteiger partial charge is 0.161 e. The van der Waals surface area contributed by atoms with E-state index in [0.29, 0.717) is 24.0 Å². The van der Waals surface area contributed by atoms with Gasteiger partial charge in [0.1, 0.15) is 18.2 Å². The minimum Gasteiger partial charge on any atom is -0.493 e. The molecule has 4 rings (SSSR count). The molecule has 0 aliphatic carbocycles. The van der Waals surface area contributed by atoms with Gasteiger partial charge in [0.15, 0.2) is 11.5 Å². The summed E-state index contributed by atoms with van der Waals surface area (Å²) >= 11 is 6.22. The van der Waals surface area contributed by atoms with Gasteiger partial charge >= 0.3 is 0 Å². The standard InChI is InChI=1S/C25H25ClN2O3/c1-29-23-14-6-7-15-24(23)30-17-9-8-16-28-21-12-4-3-11-20(21)27-25(28)18-31-22-13-5-2-10-19(22)26/h2-7,10-15H,8-9,16-18H2,1H3. The van der Waals surface area contributed by atoms with E-state index in [0.717, 1.165) is 47.7 Å². The van der Waals surface area contributed by atoms with Gasteiger partial charge in [-0.1, -0.05) is 48.0 Å². The Bertz CT molecular complexity index is 1140. The molecule has 0 atom stereocenters. The lowest BCUT2D eigenvalue weighted by molar-refractivity contribution is 0.278. The monoisotopic (exact) mass is 436 g/mol. The molecule has 1 aromatic heterocycles. The minimum absolute atomic E-state index is 0.357. The molecule has 0 amide bonds. The Balaban J connectivity index is 1.39. The van der Waals surface area contributed by atoms with E-state index in [1.54, 1.807) is 7.11 Å². The molecule has 1 heterocycles. The van der Waals surface area contributed by atoms with E-state index in [-0.39, 0.29) is 0 Å². The van der Waals surface area contributed by atoms with E-state index in [4.69, 9.17) is 30.8 Å². The lowest BCUT2D eigenvalue weighted by atomic mass is 10.3. The molecule has 0 aliphatic heterocycles. The zero-order valence-electron chi connectivity index (χ0n) is 17.5. The third-order valence-electron chi connectivity index (χ3n) is 5.03. The fourth-order valence-corrected chi connectivity index (χ4v) is 3.67. The highest BCUT2D eigenvalue weighted by atomic mass is 35.5. The first-order valence-electron chi connectivity index (χ1n) is 10.3. The maximum absolute atomic E-state index is 6.22. The van der Waals surface area contributed by atoms with Crippen LogP contribution in [-0.4, -0.2) is 23.3 Å². The fourth-order valence-electron chi connectivity index (χ4n) is 3.48. The summed E-state index contributed by atoms with van der Waals surface area (Å²) in [6, 6.07) is 23.3. The van der Waals surface area contributed by atoms with Crippen LogP contribution in [-0.2, 0) is 13.2 Å². The van der Waals surface area contributed by atoms with Gasteiger partial charge < -0.3 is 18.8 Å². The number of benzene rings is 3. The average Bonchev–Trinajstić information content (AvgIpc) is 3.16. The van der Waals surface area contributed by atoms with Crippen LogP contribution >= 0.6 is 11.6 Å². The molecule has 0 radical (unpaired) electrons. The summed E-state index contributed by atoms with van der Waals surface area (Å²) < 4.78 is 19.4. The number of hydrogen-bond acceptors (Lipinski definition) is 4. The van der Waals surface area contributed by atoms with Crippen LogP contribution in [0.3, 0.4) is 0 Å². The molecule has 0 spiro atoms. The number of imidazole rings is 1. The van der Waals surface area contributed by atoms with Crippen molar-refractivity contribution in [1.82, 2.24) is 9.55 Å². The van der Waals surface area contributed by atoms with Gasteiger partial charge in [0.25, 0.3) is 0 Å². The Kier molecular flexibility index (Phi) is 6.95. The van der Waals surface area contributed by atoms with Crippen LogP contribution in [0.4, 0.5) is 0 Å². The van der Waals surface area contributed by atoms with E-state index in [1.807, 2.05) is 66.7 Å². The predicted molar refractivity (Wildman–Crippen MR) is 123 cm³/mol. The third-order valence-corrected chi connectivity index (χ3v) is 5.34. The molecule has 0 unspecified atom stereocenters. The quantitative estimate of drug-likeness (QED) is 0.280. The van der Waals surface area contributed by atoms with Crippen molar-refractivity contribution in [1.29, 1.82) is 0 Å². The van der Waals surface area contributed by atoms with Crippen molar-refractivity contribution in [3.63, 3.8) is 0 Å². The maximum Gasteiger partial charge on any atom is 0.161 e. The Morgan fingerprint density at radius 2 is 1.52 bits per heavy atom. The largest absolute Gasteiger partial charge is 0.493 e. The Morgan fingerprint density at radius 1 is 0.806 bits per heavy atom. The van der Waals surface area contributed by atoms with Gasteiger partial charge in [-0.15, -0.1) is 0 Å². The van der Waals surface area contributed by atoms with Gasteiger partial charge in [0, 0.05) is 6.54 Å². The highest BCUT2D eigenvalue weighted by Crippen LogP contribution is 2.27. The fraction of sp³-hybridized carbons (Fsp3) is 0.240. The summed E-state index contributed by atoms with van der Waals surface area (Å²) in [5, 5.41) is 0.596. The van der Waals surface area contributed by atoms with E-state index in [2.05, 4.69) is 10.6 Å². The number of aromatic nitrogens is 2. The number of rotatable bonds is 10. The SMILES string of the molecule is COc1ccccc1OCCCCn1c(COc2ccccc2Cl)nc2ccccc21. The zero-order chi connectivity index (χ0) is 21.5. The molecule has 0 bridgehead atoms. The number of halogens is 1. The average molecular weight is 437 g/mol. The molecule has 0 aliphatic rings. The number of aryl methyl sites for hydroxylation is 1. The van der Waals surface area contributed by atoms with Gasteiger partial charge in [-0.25, -0.2) is 4.98 Å². The van der Waals surface area contributed by atoms with Gasteiger partial charge in [0.05, 0.1) is 29.8 Å². The van der Waals surface area contributed by atoms with Crippen molar-refractivity contribution in [2.45, 2.75) is 26.0 Å². The first-order valence-corrected chi connectivity index (χ1v) is 10.7. The molecule has 3 aromatic carbocycles. The Hall–Kier alpha value is -3.18. The third kappa shape index (κ3) is 5.12. The highest BCUT2D eigenvalue weighted by molar-refractivity contribution is 6.32. The van der Waals surface area contributed by atoms with E-state index in [9.17, 15) is 0 Å². The number of para-hydroxylation sites is 5. The topological polar surface area (TPSA) is 45.5 Å². The van der Waals surface area contributed by atoms with Crippen molar-refractivity contribution in [2.24, 2.45) is 0 Å². The summed E-state index contributed by atoms with van der Waals surface area (Å²) in [4.78, 5) is 4.77. The summed E-state index contributed by atoms with van der Waals surface area (Å²) in [7, 11) is 1.65. The van der Waals surface area contributed by atoms with Crippen LogP contribution in [0.2, 0.25) is 5.02 Å². The van der Waals surface area contributed by atoms with E-state index >= 15 is 0 Å². The lowest BCUT2D eigenvalue weighted by Gasteiger charge is -2.12. The molecular weight excluding hydrogens is 412 g/mol. The van der Waals surface area contributed by atoms with Crippen molar-refractivity contribution in [3.8, 4) is 17.2 Å². The number of fused-ring (bicyclic) bond motifs is 1. The summed E-state index contributed by atoms with van der Waals surface area (Å²) in [6.07, 6.45) is 1.87. The second-order valence-corrected chi connectivity index (χ2v) is 7.50. The molecule has 31 heavy (non-hydrogen) atoms. The van der Waals surface area contributed by atoms with Crippen LogP contribution in [0.25, 0.3) is 11.0 Å². The Labute approximate surface area is 187 Å². The minimum atomic E-state index is 0.357. The molecule has 0 saturated heterocycles. The van der Waals surface area contributed by atoms with Crippen molar-refractivity contribution in [2.75, 3.05) is 13.7 Å². The van der Waals surface area contributed by atoms with Crippen LogP contribution in [0, 0.1) is 0 Å². The summed E-state index contributed by atoms with van der Waals surface area (Å²) in [6.45, 7) is 1.81. The van der Waals surface area contributed by atoms with Crippen molar-refractivity contribution >= 4 is 22.6 Å². The Morgan fingerprint density at radius 3 is 2.32 bits per heavy atom. The second kappa shape index (κ2) is 10.2. The molecule has 0 fully saturated rings. The number of ether oxygens (including phenoxy) is 3. The zero-order valence-corrected chi connectivity index (χ0v) is 18.2. The summed E-state index contributed by atoms with van der Waals surface area (Å²) in [5.41, 5.74) is 2.07. The molecule has 5 nitrogen and oxygen atoms in total.